The number of carbonyl (C=O) groups is 1. The van der Waals surface area contributed by atoms with Crippen LogP contribution in [0.25, 0.3) is 11.1 Å². The molecule has 2 aliphatic rings. The molecule has 1 amide bonds. The van der Waals surface area contributed by atoms with Crippen molar-refractivity contribution in [3.8, 4) is 16.9 Å². The minimum atomic E-state index is -0.0601. The van der Waals surface area contributed by atoms with E-state index in [0.717, 1.165) is 24.8 Å². The van der Waals surface area contributed by atoms with Crippen molar-refractivity contribution < 1.29 is 9.53 Å². The lowest BCUT2D eigenvalue weighted by molar-refractivity contribution is 0.0957. The Morgan fingerprint density at radius 2 is 2.10 bits per heavy atom. The van der Waals surface area contributed by atoms with Crippen LogP contribution in [0.4, 0.5) is 0 Å². The third kappa shape index (κ3) is 2.07. The van der Waals surface area contributed by atoms with E-state index in [1.165, 1.54) is 16.8 Å². The Morgan fingerprint density at radius 1 is 1.14 bits per heavy atom. The number of fused-ring (bicyclic) bond motifs is 2. The van der Waals surface area contributed by atoms with Gasteiger partial charge in [-0.2, -0.15) is 0 Å². The van der Waals surface area contributed by atoms with E-state index in [-0.39, 0.29) is 5.91 Å². The van der Waals surface area contributed by atoms with Gasteiger partial charge in [-0.05, 0) is 54.2 Å². The summed E-state index contributed by atoms with van der Waals surface area (Å²) >= 11 is 0. The van der Waals surface area contributed by atoms with Gasteiger partial charge in [0.25, 0.3) is 5.91 Å². The smallest absolute Gasteiger partial charge is 0.255 e. The molecular formula is C17H16N2O2. The van der Waals surface area contributed by atoms with E-state index in [1.807, 2.05) is 30.5 Å². The summed E-state index contributed by atoms with van der Waals surface area (Å²) in [5.41, 5.74) is 5.40. The lowest BCUT2D eigenvalue weighted by atomic mass is 9.97. The zero-order valence-corrected chi connectivity index (χ0v) is 11.7. The number of aromatic nitrogens is 1. The molecule has 0 spiro atoms. The van der Waals surface area contributed by atoms with Crippen LogP contribution < -0.4 is 10.1 Å². The highest BCUT2D eigenvalue weighted by molar-refractivity contribution is 5.98. The predicted octanol–water partition coefficient (Wildman–Crippen LogP) is 2.36. The van der Waals surface area contributed by atoms with E-state index < -0.39 is 0 Å². The van der Waals surface area contributed by atoms with Crippen LogP contribution in [-0.4, -0.2) is 24.0 Å². The van der Waals surface area contributed by atoms with Crippen LogP contribution in [0.2, 0.25) is 0 Å². The van der Waals surface area contributed by atoms with Crippen molar-refractivity contribution in [3.63, 3.8) is 0 Å². The van der Waals surface area contributed by atoms with Gasteiger partial charge in [0, 0.05) is 11.9 Å². The molecule has 4 heteroatoms. The molecule has 1 N–H and O–H groups in total. The first-order chi connectivity index (χ1) is 10.3. The second kappa shape index (κ2) is 4.88. The maximum absolute atomic E-state index is 12.1. The minimum absolute atomic E-state index is 0.0601. The van der Waals surface area contributed by atoms with Gasteiger partial charge in [-0.3, -0.25) is 9.78 Å². The first-order valence-corrected chi connectivity index (χ1v) is 7.35. The van der Waals surface area contributed by atoms with Crippen molar-refractivity contribution >= 4 is 5.91 Å². The van der Waals surface area contributed by atoms with E-state index in [0.29, 0.717) is 24.5 Å². The van der Waals surface area contributed by atoms with Crippen LogP contribution in [0.1, 0.15) is 28.0 Å². The van der Waals surface area contributed by atoms with Crippen molar-refractivity contribution in [2.45, 2.75) is 19.3 Å². The van der Waals surface area contributed by atoms with E-state index >= 15 is 0 Å². The summed E-state index contributed by atoms with van der Waals surface area (Å²) in [4.78, 5) is 16.6. The SMILES string of the molecule is O=C1NCCOc2ccc(-c3ccnc4c3CCC4)cc21. The van der Waals surface area contributed by atoms with Gasteiger partial charge in [0.2, 0.25) is 0 Å². The predicted molar refractivity (Wildman–Crippen MR) is 79.5 cm³/mol. The Balaban J connectivity index is 1.84. The highest BCUT2D eigenvalue weighted by atomic mass is 16.5. The van der Waals surface area contributed by atoms with Crippen LogP contribution in [0, 0.1) is 0 Å². The van der Waals surface area contributed by atoms with Gasteiger partial charge in [0.1, 0.15) is 12.4 Å². The highest BCUT2D eigenvalue weighted by Crippen LogP contribution is 2.33. The van der Waals surface area contributed by atoms with Gasteiger partial charge in [0.05, 0.1) is 12.1 Å². The lowest BCUT2D eigenvalue weighted by Crippen LogP contribution is -2.24. The second-order valence-corrected chi connectivity index (χ2v) is 5.45. The van der Waals surface area contributed by atoms with Crippen molar-refractivity contribution in [1.82, 2.24) is 10.3 Å². The fourth-order valence-corrected chi connectivity index (χ4v) is 3.15. The van der Waals surface area contributed by atoms with E-state index in [9.17, 15) is 4.79 Å². The Kier molecular flexibility index (Phi) is 2.88. The first-order valence-electron chi connectivity index (χ1n) is 7.35. The normalized spacial score (nSPS) is 16.5. The van der Waals surface area contributed by atoms with Gasteiger partial charge in [0.15, 0.2) is 0 Å². The molecule has 0 unspecified atom stereocenters. The Hall–Kier alpha value is -2.36. The average Bonchev–Trinajstić information content (AvgIpc) is 2.92. The number of ether oxygens (including phenoxy) is 1. The lowest BCUT2D eigenvalue weighted by Gasteiger charge is -2.11. The van der Waals surface area contributed by atoms with Crippen LogP contribution in [-0.2, 0) is 12.8 Å². The van der Waals surface area contributed by atoms with Gasteiger partial charge < -0.3 is 10.1 Å². The Bertz CT molecular complexity index is 725. The molecule has 106 valence electrons. The standard InChI is InChI=1S/C17H16N2O2/c20-17-14-10-11(4-5-16(14)21-9-8-19-17)12-6-7-18-15-3-1-2-13(12)15/h4-7,10H,1-3,8-9H2,(H,19,20). The molecule has 4 nitrogen and oxygen atoms in total. The van der Waals surface area contributed by atoms with Gasteiger partial charge >= 0.3 is 0 Å². The molecule has 2 heterocycles. The third-order valence-electron chi connectivity index (χ3n) is 4.17. The number of hydrogen-bond donors (Lipinski definition) is 1. The Labute approximate surface area is 123 Å². The van der Waals surface area contributed by atoms with E-state index in [2.05, 4.69) is 10.3 Å². The van der Waals surface area contributed by atoms with Gasteiger partial charge in [-0.15, -0.1) is 0 Å². The van der Waals surface area contributed by atoms with Crippen LogP contribution in [0.3, 0.4) is 0 Å². The number of aryl methyl sites for hydroxylation is 1. The molecular weight excluding hydrogens is 264 g/mol. The van der Waals surface area contributed by atoms with Gasteiger partial charge in [-0.1, -0.05) is 6.07 Å². The van der Waals surface area contributed by atoms with Crippen LogP contribution >= 0.6 is 0 Å². The maximum atomic E-state index is 12.1. The molecule has 1 aromatic heterocycles. The van der Waals surface area contributed by atoms with Crippen LogP contribution in [0.15, 0.2) is 30.5 Å². The highest BCUT2D eigenvalue weighted by Gasteiger charge is 2.20. The number of nitrogens with zero attached hydrogens (tertiary/aromatic N) is 1. The summed E-state index contributed by atoms with van der Waals surface area (Å²) in [6, 6.07) is 7.91. The van der Waals surface area contributed by atoms with Crippen molar-refractivity contribution in [2.75, 3.05) is 13.2 Å². The number of benzene rings is 1. The quantitative estimate of drug-likeness (QED) is 0.872. The summed E-state index contributed by atoms with van der Waals surface area (Å²) in [5, 5.41) is 2.86. The number of amides is 1. The first kappa shape index (κ1) is 12.4. The van der Waals surface area contributed by atoms with Crippen molar-refractivity contribution in [3.05, 3.63) is 47.3 Å². The molecule has 1 aliphatic carbocycles. The second-order valence-electron chi connectivity index (χ2n) is 5.45. The average molecular weight is 280 g/mol. The topological polar surface area (TPSA) is 51.2 Å². The molecule has 2 aromatic rings. The molecule has 0 bridgehead atoms. The van der Waals surface area contributed by atoms with Crippen molar-refractivity contribution in [2.24, 2.45) is 0 Å². The summed E-state index contributed by atoms with van der Waals surface area (Å²) < 4.78 is 5.61. The van der Waals surface area contributed by atoms with Crippen molar-refractivity contribution in [1.29, 1.82) is 0 Å². The molecule has 0 radical (unpaired) electrons. The molecule has 4 rings (SSSR count). The number of hydrogen-bond acceptors (Lipinski definition) is 3. The molecule has 0 saturated carbocycles. The molecule has 0 fully saturated rings. The molecule has 1 aliphatic heterocycles. The fourth-order valence-electron chi connectivity index (χ4n) is 3.15. The van der Waals surface area contributed by atoms with E-state index in [1.54, 1.807) is 0 Å². The number of nitrogens with one attached hydrogen (secondary N) is 1. The zero-order valence-electron chi connectivity index (χ0n) is 11.7. The monoisotopic (exact) mass is 280 g/mol. The number of pyridine rings is 1. The summed E-state index contributed by atoms with van der Waals surface area (Å²) in [6.45, 7) is 1.07. The number of rotatable bonds is 1. The van der Waals surface area contributed by atoms with Crippen LogP contribution in [0.5, 0.6) is 5.75 Å². The fraction of sp³-hybridized carbons (Fsp3) is 0.294. The molecule has 21 heavy (non-hydrogen) atoms. The summed E-state index contributed by atoms with van der Waals surface area (Å²) in [7, 11) is 0. The minimum Gasteiger partial charge on any atom is -0.491 e. The molecule has 0 saturated heterocycles. The van der Waals surface area contributed by atoms with Gasteiger partial charge in [-0.25, -0.2) is 0 Å². The molecule has 1 aromatic carbocycles. The summed E-state index contributed by atoms with van der Waals surface area (Å²) in [5.74, 6) is 0.606. The Morgan fingerprint density at radius 3 is 3.05 bits per heavy atom. The molecule has 0 atom stereocenters. The van der Waals surface area contributed by atoms with E-state index in [4.69, 9.17) is 4.74 Å². The third-order valence-corrected chi connectivity index (χ3v) is 4.17. The number of carbonyl (C=O) groups excluding carboxylic acids is 1. The maximum Gasteiger partial charge on any atom is 0.255 e. The zero-order chi connectivity index (χ0) is 14.2. The largest absolute Gasteiger partial charge is 0.491 e. The summed E-state index contributed by atoms with van der Waals surface area (Å²) in [6.07, 6.45) is 5.14.